The van der Waals surface area contributed by atoms with Gasteiger partial charge in [-0.1, -0.05) is 6.92 Å². The van der Waals surface area contributed by atoms with Gasteiger partial charge in [0.25, 0.3) is 5.91 Å². The van der Waals surface area contributed by atoms with Crippen molar-refractivity contribution in [2.24, 2.45) is 0 Å². The van der Waals surface area contributed by atoms with E-state index >= 15 is 0 Å². The molecule has 0 bridgehead atoms. The molecule has 0 saturated carbocycles. The van der Waals surface area contributed by atoms with Gasteiger partial charge in [0.2, 0.25) is 11.8 Å². The van der Waals surface area contributed by atoms with Gasteiger partial charge in [-0.15, -0.1) is 0 Å². The summed E-state index contributed by atoms with van der Waals surface area (Å²) in [7, 11) is 0. The number of benzene rings is 1. The molecule has 1 aromatic rings. The molecule has 0 aromatic heterocycles. The van der Waals surface area contributed by atoms with Crippen LogP contribution in [0.1, 0.15) is 54.9 Å². The molecule has 3 amide bonds. The number of anilines is 1. The van der Waals surface area contributed by atoms with Crippen LogP contribution in [0.25, 0.3) is 0 Å². The molecule has 6 heteroatoms. The van der Waals surface area contributed by atoms with Gasteiger partial charge in [0.15, 0.2) is 0 Å². The second-order valence-electron chi connectivity index (χ2n) is 6.94. The number of hydrogen-bond donors (Lipinski definition) is 1. The quantitative estimate of drug-likeness (QED) is 0.877. The zero-order valence-corrected chi connectivity index (χ0v) is 15.4. The Morgan fingerprint density at radius 1 is 1.04 bits per heavy atom. The van der Waals surface area contributed by atoms with Crippen LogP contribution in [0.2, 0.25) is 0 Å². The molecule has 0 spiro atoms. The zero-order valence-electron chi connectivity index (χ0n) is 15.4. The molecule has 1 fully saturated rings. The van der Waals surface area contributed by atoms with Crippen LogP contribution in [0.15, 0.2) is 18.2 Å². The molecular weight excluding hydrogens is 330 g/mol. The lowest BCUT2D eigenvalue weighted by Gasteiger charge is -2.26. The van der Waals surface area contributed by atoms with Crippen LogP contribution in [0.4, 0.5) is 5.69 Å². The number of piperidine rings is 1. The summed E-state index contributed by atoms with van der Waals surface area (Å²) >= 11 is 0. The fourth-order valence-corrected chi connectivity index (χ4v) is 3.68. The summed E-state index contributed by atoms with van der Waals surface area (Å²) < 4.78 is 0. The molecule has 0 radical (unpaired) electrons. The second kappa shape index (κ2) is 8.34. The van der Waals surface area contributed by atoms with Crippen molar-refractivity contribution in [1.82, 2.24) is 10.2 Å². The first-order valence-electron chi connectivity index (χ1n) is 9.59. The number of likely N-dealkylation sites (tertiary alicyclic amines) is 1. The summed E-state index contributed by atoms with van der Waals surface area (Å²) in [6.45, 7) is 4.56. The molecule has 1 saturated heterocycles. The summed E-state index contributed by atoms with van der Waals surface area (Å²) in [5.41, 5.74) is 2.53. The van der Waals surface area contributed by atoms with Gasteiger partial charge in [-0.3, -0.25) is 14.4 Å². The van der Waals surface area contributed by atoms with E-state index in [1.54, 1.807) is 11.0 Å². The molecular formula is C20H27N3O3. The van der Waals surface area contributed by atoms with Crippen molar-refractivity contribution < 1.29 is 14.4 Å². The largest absolute Gasteiger partial charge is 0.352 e. The van der Waals surface area contributed by atoms with E-state index in [1.165, 1.54) is 6.42 Å². The van der Waals surface area contributed by atoms with Gasteiger partial charge < -0.3 is 15.1 Å². The molecule has 1 N–H and O–H groups in total. The lowest BCUT2D eigenvalue weighted by atomic mass is 10.1. The van der Waals surface area contributed by atoms with Crippen molar-refractivity contribution in [3.63, 3.8) is 0 Å². The third kappa shape index (κ3) is 4.06. The lowest BCUT2D eigenvalue weighted by molar-refractivity contribution is -0.131. The fraction of sp³-hybridized carbons (Fsp3) is 0.550. The third-order valence-corrected chi connectivity index (χ3v) is 5.17. The lowest BCUT2D eigenvalue weighted by Crippen LogP contribution is -2.37. The maximum Gasteiger partial charge on any atom is 0.251 e. The molecule has 6 nitrogen and oxygen atoms in total. The van der Waals surface area contributed by atoms with Gasteiger partial charge in [0.1, 0.15) is 0 Å². The van der Waals surface area contributed by atoms with Crippen molar-refractivity contribution >= 4 is 23.4 Å². The number of nitrogens with one attached hydrogen (secondary N) is 1. The van der Waals surface area contributed by atoms with E-state index in [-0.39, 0.29) is 17.7 Å². The van der Waals surface area contributed by atoms with Crippen LogP contribution in [-0.4, -0.2) is 48.8 Å². The number of rotatable bonds is 5. The van der Waals surface area contributed by atoms with E-state index in [2.05, 4.69) is 5.32 Å². The highest BCUT2D eigenvalue weighted by Crippen LogP contribution is 2.29. The Morgan fingerprint density at radius 2 is 1.81 bits per heavy atom. The van der Waals surface area contributed by atoms with Gasteiger partial charge in [-0.25, -0.2) is 0 Å². The normalized spacial score (nSPS) is 16.3. The van der Waals surface area contributed by atoms with Gasteiger partial charge >= 0.3 is 0 Å². The highest BCUT2D eigenvalue weighted by molar-refractivity contribution is 5.98. The smallest absolute Gasteiger partial charge is 0.251 e. The van der Waals surface area contributed by atoms with Gasteiger partial charge in [-0.2, -0.15) is 0 Å². The molecule has 2 aliphatic heterocycles. The first-order valence-corrected chi connectivity index (χ1v) is 9.59. The molecule has 140 valence electrons. The van der Waals surface area contributed by atoms with Crippen LogP contribution in [0, 0.1) is 0 Å². The minimum atomic E-state index is -0.167. The molecule has 2 aliphatic rings. The molecule has 1 aromatic carbocycles. The predicted molar refractivity (Wildman–Crippen MR) is 100 cm³/mol. The van der Waals surface area contributed by atoms with Crippen molar-refractivity contribution in [3.05, 3.63) is 29.3 Å². The summed E-state index contributed by atoms with van der Waals surface area (Å²) in [6.07, 6.45) is 4.94. The number of fused-ring (bicyclic) bond motifs is 1. The molecule has 2 heterocycles. The number of carbonyl (C=O) groups is 3. The van der Waals surface area contributed by atoms with Crippen LogP contribution in [0.5, 0.6) is 0 Å². The molecule has 0 atom stereocenters. The Labute approximate surface area is 154 Å². The Bertz CT molecular complexity index is 696. The standard InChI is InChI=1S/C20H27N3O3/c1-2-18(24)23-13-9-15-14-16(6-7-17(15)23)20(26)21-10-8-19(25)22-11-4-3-5-12-22/h6-7,14H,2-5,8-13H2,1H3,(H,21,26). The number of hydrogen-bond acceptors (Lipinski definition) is 3. The van der Waals surface area contributed by atoms with E-state index in [0.717, 1.165) is 43.6 Å². The van der Waals surface area contributed by atoms with E-state index < -0.39 is 0 Å². The van der Waals surface area contributed by atoms with E-state index in [4.69, 9.17) is 0 Å². The molecule has 3 rings (SSSR count). The third-order valence-electron chi connectivity index (χ3n) is 5.17. The molecule has 26 heavy (non-hydrogen) atoms. The number of nitrogens with zero attached hydrogens (tertiary/aromatic N) is 2. The monoisotopic (exact) mass is 357 g/mol. The van der Waals surface area contributed by atoms with Crippen molar-refractivity contribution in [1.29, 1.82) is 0 Å². The number of carbonyl (C=O) groups excluding carboxylic acids is 3. The highest BCUT2D eigenvalue weighted by atomic mass is 16.2. The van der Waals surface area contributed by atoms with Crippen LogP contribution < -0.4 is 10.2 Å². The van der Waals surface area contributed by atoms with Gasteiger partial charge in [-0.05, 0) is 49.4 Å². The van der Waals surface area contributed by atoms with Crippen molar-refractivity contribution in [3.8, 4) is 0 Å². The maximum atomic E-state index is 12.4. The SMILES string of the molecule is CCC(=O)N1CCc2cc(C(=O)NCCC(=O)N3CCCCC3)ccc21. The van der Waals surface area contributed by atoms with E-state index in [1.807, 2.05) is 24.0 Å². The van der Waals surface area contributed by atoms with Crippen molar-refractivity contribution in [2.75, 3.05) is 31.1 Å². The topological polar surface area (TPSA) is 69.7 Å². The Balaban J connectivity index is 1.52. The Kier molecular flexibility index (Phi) is 5.91. The molecule has 0 aliphatic carbocycles. The minimum Gasteiger partial charge on any atom is -0.352 e. The summed E-state index contributed by atoms with van der Waals surface area (Å²) in [6, 6.07) is 5.46. The summed E-state index contributed by atoms with van der Waals surface area (Å²) in [5, 5.41) is 2.84. The van der Waals surface area contributed by atoms with Crippen LogP contribution >= 0.6 is 0 Å². The van der Waals surface area contributed by atoms with Gasteiger partial charge in [0, 0.05) is 50.3 Å². The average molecular weight is 357 g/mol. The minimum absolute atomic E-state index is 0.108. The molecule has 0 unspecified atom stereocenters. The van der Waals surface area contributed by atoms with Gasteiger partial charge in [0.05, 0.1) is 0 Å². The second-order valence-corrected chi connectivity index (χ2v) is 6.94. The summed E-state index contributed by atoms with van der Waals surface area (Å²) in [4.78, 5) is 40.1. The van der Waals surface area contributed by atoms with Crippen LogP contribution in [-0.2, 0) is 16.0 Å². The first kappa shape index (κ1) is 18.4. The highest BCUT2D eigenvalue weighted by Gasteiger charge is 2.24. The Morgan fingerprint density at radius 3 is 2.54 bits per heavy atom. The van der Waals surface area contributed by atoms with Crippen molar-refractivity contribution in [2.45, 2.75) is 45.4 Å². The Hall–Kier alpha value is -2.37. The number of amides is 3. The van der Waals surface area contributed by atoms with Crippen LogP contribution in [0.3, 0.4) is 0 Å². The summed E-state index contributed by atoms with van der Waals surface area (Å²) in [5.74, 6) is 0.0596. The first-order chi connectivity index (χ1) is 12.6. The van der Waals surface area contributed by atoms with E-state index in [9.17, 15) is 14.4 Å². The average Bonchev–Trinajstić information content (AvgIpc) is 3.11. The zero-order chi connectivity index (χ0) is 18.5. The fourth-order valence-electron chi connectivity index (χ4n) is 3.68. The van der Waals surface area contributed by atoms with E-state index in [0.29, 0.717) is 31.5 Å². The maximum absolute atomic E-state index is 12.4. The predicted octanol–water partition coefficient (Wildman–Crippen LogP) is 2.12.